The van der Waals surface area contributed by atoms with Crippen molar-refractivity contribution in [3.8, 4) is 28.4 Å². The van der Waals surface area contributed by atoms with E-state index in [2.05, 4.69) is 90.4 Å². The van der Waals surface area contributed by atoms with Crippen molar-refractivity contribution in [1.29, 1.82) is 0 Å². The second-order valence-electron chi connectivity index (χ2n) is 9.50. The lowest BCUT2D eigenvalue weighted by Gasteiger charge is -2.07. The lowest BCUT2D eigenvalue weighted by molar-refractivity contribution is 0.415. The van der Waals surface area contributed by atoms with Crippen molar-refractivity contribution in [2.75, 3.05) is 7.11 Å². The molecule has 0 aliphatic heterocycles. The van der Waals surface area contributed by atoms with Gasteiger partial charge in [0.25, 0.3) is 0 Å². The van der Waals surface area contributed by atoms with E-state index in [0.717, 1.165) is 45.7 Å². The number of benzene rings is 4. The molecule has 0 aliphatic rings. The van der Waals surface area contributed by atoms with Crippen LogP contribution in [0.4, 0.5) is 0 Å². The first-order chi connectivity index (χ1) is 17.8. The minimum absolute atomic E-state index is 0.839. The molecule has 2 aromatic heterocycles. The molecule has 180 valence electrons. The molecule has 36 heavy (non-hydrogen) atoms. The highest BCUT2D eigenvalue weighted by Crippen LogP contribution is 2.41. The minimum atomic E-state index is 0.839. The predicted molar refractivity (Wildman–Crippen MR) is 151 cm³/mol. The number of furan rings is 1. The number of hydrogen-bond acceptors (Lipinski definition) is 2. The Bertz CT molecular complexity index is 1650. The first-order valence-corrected chi connectivity index (χ1v) is 13.0. The molecule has 0 unspecified atom stereocenters. The third-order valence-corrected chi connectivity index (χ3v) is 7.24. The number of methoxy groups -OCH3 is 1. The largest absolute Gasteiger partial charge is 0.497 e. The highest BCUT2D eigenvalue weighted by Gasteiger charge is 2.18. The molecular formula is C33H31NO2. The molecule has 0 fully saturated rings. The molecular weight excluding hydrogens is 442 g/mol. The summed E-state index contributed by atoms with van der Waals surface area (Å²) in [5, 5.41) is 4.84. The van der Waals surface area contributed by atoms with Crippen LogP contribution in [0.5, 0.6) is 5.75 Å². The van der Waals surface area contributed by atoms with E-state index in [4.69, 9.17) is 9.15 Å². The molecule has 0 N–H and O–H groups in total. The van der Waals surface area contributed by atoms with Gasteiger partial charge in [0.2, 0.25) is 0 Å². The van der Waals surface area contributed by atoms with Crippen LogP contribution >= 0.6 is 0 Å². The number of hydrogen-bond donors (Lipinski definition) is 0. The summed E-state index contributed by atoms with van der Waals surface area (Å²) in [4.78, 5) is 0. The van der Waals surface area contributed by atoms with Crippen LogP contribution in [0.25, 0.3) is 55.2 Å². The third kappa shape index (κ3) is 3.85. The normalized spacial score (nSPS) is 11.6. The first-order valence-electron chi connectivity index (χ1n) is 13.0. The summed E-state index contributed by atoms with van der Waals surface area (Å²) in [6, 6.07) is 32.1. The number of aromatic nitrogens is 1. The summed E-state index contributed by atoms with van der Waals surface area (Å²) in [5.41, 5.74) is 4.75. The maximum absolute atomic E-state index is 6.62. The fourth-order valence-corrected chi connectivity index (χ4v) is 5.39. The van der Waals surface area contributed by atoms with E-state index in [1.165, 1.54) is 47.5 Å². The number of aryl methyl sites for hydroxylation is 1. The van der Waals surface area contributed by atoms with Crippen LogP contribution in [-0.4, -0.2) is 11.7 Å². The van der Waals surface area contributed by atoms with Gasteiger partial charge < -0.3 is 13.7 Å². The zero-order valence-electron chi connectivity index (χ0n) is 21.0. The second kappa shape index (κ2) is 9.58. The number of nitrogens with zero attached hydrogens (tertiary/aromatic N) is 1. The lowest BCUT2D eigenvalue weighted by Crippen LogP contribution is -1.97. The average molecular weight is 474 g/mol. The number of para-hydroxylation sites is 1. The van der Waals surface area contributed by atoms with Crippen LogP contribution < -0.4 is 4.74 Å². The number of rotatable bonds is 8. The minimum Gasteiger partial charge on any atom is -0.497 e. The predicted octanol–water partition coefficient (Wildman–Crippen LogP) is 9.46. The Balaban J connectivity index is 1.49. The first kappa shape index (κ1) is 22.5. The van der Waals surface area contributed by atoms with Gasteiger partial charge >= 0.3 is 0 Å². The molecule has 0 saturated carbocycles. The van der Waals surface area contributed by atoms with E-state index in [0.29, 0.717) is 0 Å². The maximum atomic E-state index is 6.62. The lowest BCUT2D eigenvalue weighted by atomic mass is 10.0. The summed E-state index contributed by atoms with van der Waals surface area (Å²) in [6.45, 7) is 3.31. The van der Waals surface area contributed by atoms with Crippen LogP contribution in [0.2, 0.25) is 0 Å². The van der Waals surface area contributed by atoms with E-state index < -0.39 is 0 Å². The van der Waals surface area contributed by atoms with Crippen molar-refractivity contribution in [1.82, 2.24) is 4.57 Å². The summed E-state index contributed by atoms with van der Waals surface area (Å²) in [6.07, 6.45) is 5.03. The van der Waals surface area contributed by atoms with Crippen LogP contribution in [-0.2, 0) is 6.54 Å². The van der Waals surface area contributed by atoms with Gasteiger partial charge in [0.15, 0.2) is 0 Å². The zero-order chi connectivity index (χ0) is 24.5. The molecule has 0 saturated heterocycles. The molecule has 0 atom stereocenters. The third-order valence-electron chi connectivity index (χ3n) is 7.24. The summed E-state index contributed by atoms with van der Waals surface area (Å²) >= 11 is 0. The standard InChI is InChI=1S/C33H31NO2/c1-3-4-5-10-21-34-30-14-9-8-11-26(30)29-22-24(17-20-31(29)34)33-28-13-7-6-12-27(28)32(36-33)23-15-18-25(35-2)19-16-23/h6-9,11-20,22H,3-5,10,21H2,1-2H3. The topological polar surface area (TPSA) is 27.3 Å². The van der Waals surface area contributed by atoms with Crippen molar-refractivity contribution < 1.29 is 9.15 Å². The van der Waals surface area contributed by atoms with Gasteiger partial charge in [-0.3, -0.25) is 0 Å². The monoisotopic (exact) mass is 473 g/mol. The Morgan fingerprint density at radius 3 is 2.00 bits per heavy atom. The van der Waals surface area contributed by atoms with E-state index in [-0.39, 0.29) is 0 Å². The molecule has 3 nitrogen and oxygen atoms in total. The van der Waals surface area contributed by atoms with Crippen LogP contribution in [0.3, 0.4) is 0 Å². The van der Waals surface area contributed by atoms with E-state index in [1.54, 1.807) is 7.11 Å². The van der Waals surface area contributed by atoms with Crippen molar-refractivity contribution in [2.24, 2.45) is 0 Å². The fraction of sp³-hybridized carbons (Fsp3) is 0.212. The maximum Gasteiger partial charge on any atom is 0.142 e. The van der Waals surface area contributed by atoms with Gasteiger partial charge in [-0.15, -0.1) is 0 Å². The molecule has 0 aliphatic carbocycles. The van der Waals surface area contributed by atoms with Gasteiger partial charge in [0.1, 0.15) is 17.3 Å². The van der Waals surface area contributed by atoms with E-state index in [9.17, 15) is 0 Å². The van der Waals surface area contributed by atoms with Crippen LogP contribution in [0.1, 0.15) is 32.6 Å². The zero-order valence-corrected chi connectivity index (χ0v) is 21.0. The Morgan fingerprint density at radius 1 is 0.639 bits per heavy atom. The van der Waals surface area contributed by atoms with E-state index >= 15 is 0 Å². The fourth-order valence-electron chi connectivity index (χ4n) is 5.39. The van der Waals surface area contributed by atoms with Gasteiger partial charge in [0.05, 0.1) is 7.11 Å². The summed E-state index contributed by atoms with van der Waals surface area (Å²) in [5.74, 6) is 2.64. The van der Waals surface area contributed by atoms with Crippen molar-refractivity contribution in [3.63, 3.8) is 0 Å². The number of unbranched alkanes of at least 4 members (excludes halogenated alkanes) is 3. The average Bonchev–Trinajstić information content (AvgIpc) is 3.47. The molecule has 0 radical (unpaired) electrons. The Morgan fingerprint density at radius 2 is 1.28 bits per heavy atom. The quantitative estimate of drug-likeness (QED) is 0.206. The molecule has 2 heterocycles. The molecule has 4 aromatic carbocycles. The molecule has 0 amide bonds. The Hall–Kier alpha value is -3.98. The summed E-state index contributed by atoms with van der Waals surface area (Å²) in [7, 11) is 1.69. The van der Waals surface area contributed by atoms with Gasteiger partial charge in [-0.05, 0) is 55.0 Å². The highest BCUT2D eigenvalue weighted by molar-refractivity contribution is 6.10. The number of ether oxygens (including phenoxy) is 1. The number of fused-ring (bicyclic) bond motifs is 4. The Labute approximate surface area is 211 Å². The smallest absolute Gasteiger partial charge is 0.142 e. The highest BCUT2D eigenvalue weighted by atomic mass is 16.5. The van der Waals surface area contributed by atoms with Crippen molar-refractivity contribution in [2.45, 2.75) is 39.2 Å². The summed E-state index contributed by atoms with van der Waals surface area (Å²) < 4.78 is 14.5. The van der Waals surface area contributed by atoms with Crippen LogP contribution in [0, 0.1) is 0 Å². The van der Waals surface area contributed by atoms with Gasteiger partial charge in [-0.1, -0.05) is 68.7 Å². The van der Waals surface area contributed by atoms with Gasteiger partial charge in [-0.2, -0.15) is 0 Å². The molecule has 3 heteroatoms. The molecule has 0 spiro atoms. The SMILES string of the molecule is CCCCCCn1c2ccccc2c2cc(-c3oc(-c4ccc(OC)cc4)c4ccccc34)ccc21. The van der Waals surface area contributed by atoms with E-state index in [1.807, 2.05) is 12.1 Å². The van der Waals surface area contributed by atoms with Crippen molar-refractivity contribution >= 4 is 32.6 Å². The second-order valence-corrected chi connectivity index (χ2v) is 9.50. The van der Waals surface area contributed by atoms with Crippen molar-refractivity contribution in [3.05, 3.63) is 91.0 Å². The molecule has 6 aromatic rings. The molecule has 0 bridgehead atoms. The molecule has 6 rings (SSSR count). The van der Waals surface area contributed by atoms with Gasteiger partial charge in [0, 0.05) is 50.2 Å². The Kier molecular flexibility index (Phi) is 5.98. The van der Waals surface area contributed by atoms with Gasteiger partial charge in [-0.25, -0.2) is 0 Å². The van der Waals surface area contributed by atoms with Crippen LogP contribution in [0.15, 0.2) is 95.4 Å².